The van der Waals surface area contributed by atoms with Crippen LogP contribution in [0.4, 0.5) is 11.4 Å². The van der Waals surface area contributed by atoms with Gasteiger partial charge in [0.2, 0.25) is 0 Å². The number of nitro benzene ring substituents is 1. The summed E-state index contributed by atoms with van der Waals surface area (Å²) in [5.41, 5.74) is 2.27. The molecular weight excluding hydrogens is 370 g/mol. The molecule has 3 rings (SSSR count). The average molecular weight is 397 g/mol. The van der Waals surface area contributed by atoms with Crippen LogP contribution >= 0.6 is 0 Å². The van der Waals surface area contributed by atoms with Crippen molar-refractivity contribution in [1.82, 2.24) is 10.2 Å². The van der Waals surface area contributed by atoms with Gasteiger partial charge in [0.1, 0.15) is 5.75 Å². The first-order valence-corrected chi connectivity index (χ1v) is 9.68. The van der Waals surface area contributed by atoms with Gasteiger partial charge in [0.15, 0.2) is 5.96 Å². The maximum Gasteiger partial charge on any atom is 0.269 e. The van der Waals surface area contributed by atoms with E-state index in [4.69, 9.17) is 4.74 Å². The predicted molar refractivity (Wildman–Crippen MR) is 115 cm³/mol. The number of nitrogens with zero attached hydrogens (tertiary/aromatic N) is 3. The molecule has 1 atom stereocenters. The molecule has 8 heteroatoms. The Labute approximate surface area is 170 Å². The first-order chi connectivity index (χ1) is 14.1. The third-order valence-corrected chi connectivity index (χ3v) is 5.10. The molecular formula is C21H27N5O3. The Morgan fingerprint density at radius 1 is 1.21 bits per heavy atom. The smallest absolute Gasteiger partial charge is 0.269 e. The van der Waals surface area contributed by atoms with Gasteiger partial charge in [0.05, 0.1) is 12.0 Å². The molecule has 29 heavy (non-hydrogen) atoms. The third kappa shape index (κ3) is 5.37. The van der Waals surface area contributed by atoms with Crippen LogP contribution in [0, 0.1) is 10.1 Å². The maximum absolute atomic E-state index is 10.7. The Morgan fingerprint density at radius 2 is 1.93 bits per heavy atom. The van der Waals surface area contributed by atoms with Crippen molar-refractivity contribution in [3.63, 3.8) is 0 Å². The van der Waals surface area contributed by atoms with Crippen LogP contribution in [0.5, 0.6) is 5.75 Å². The van der Waals surface area contributed by atoms with E-state index in [1.807, 2.05) is 12.1 Å². The summed E-state index contributed by atoms with van der Waals surface area (Å²) >= 11 is 0. The summed E-state index contributed by atoms with van der Waals surface area (Å²) in [5.74, 6) is 2.26. The first-order valence-electron chi connectivity index (χ1n) is 9.68. The number of benzene rings is 2. The van der Waals surface area contributed by atoms with Crippen LogP contribution < -0.4 is 15.4 Å². The SMILES string of the molecule is CN=C(NCCNc1ccc([N+](=O)[O-])cc1)N1CCC(c2ccc(OC)cc2)C1. The topological polar surface area (TPSA) is 92.0 Å². The van der Waals surface area contributed by atoms with Gasteiger partial charge in [0.25, 0.3) is 5.69 Å². The molecule has 0 spiro atoms. The summed E-state index contributed by atoms with van der Waals surface area (Å²) in [6, 6.07) is 14.7. The van der Waals surface area contributed by atoms with Crippen molar-refractivity contribution >= 4 is 17.3 Å². The van der Waals surface area contributed by atoms with E-state index in [1.54, 1.807) is 26.3 Å². The Balaban J connectivity index is 1.44. The largest absolute Gasteiger partial charge is 0.497 e. The molecule has 2 aromatic carbocycles. The van der Waals surface area contributed by atoms with Crippen molar-refractivity contribution in [2.24, 2.45) is 4.99 Å². The van der Waals surface area contributed by atoms with Crippen LogP contribution in [0.1, 0.15) is 17.9 Å². The van der Waals surface area contributed by atoms with Gasteiger partial charge in [-0.2, -0.15) is 0 Å². The lowest BCUT2D eigenvalue weighted by Crippen LogP contribution is -2.41. The van der Waals surface area contributed by atoms with Crippen LogP contribution in [0.15, 0.2) is 53.5 Å². The lowest BCUT2D eigenvalue weighted by atomic mass is 9.98. The molecule has 0 radical (unpaired) electrons. The van der Waals surface area contributed by atoms with Gasteiger partial charge < -0.3 is 20.3 Å². The maximum atomic E-state index is 10.7. The fourth-order valence-electron chi connectivity index (χ4n) is 3.52. The molecule has 0 amide bonds. The number of likely N-dealkylation sites (tertiary alicyclic amines) is 1. The van der Waals surface area contributed by atoms with Crippen LogP contribution in [0.3, 0.4) is 0 Å². The van der Waals surface area contributed by atoms with Gasteiger partial charge in [-0.15, -0.1) is 0 Å². The van der Waals surface area contributed by atoms with Crippen molar-refractivity contribution in [3.05, 3.63) is 64.2 Å². The van der Waals surface area contributed by atoms with E-state index in [0.717, 1.165) is 36.9 Å². The van der Waals surface area contributed by atoms with E-state index in [1.165, 1.54) is 17.7 Å². The van der Waals surface area contributed by atoms with Gasteiger partial charge in [0, 0.05) is 57.0 Å². The quantitative estimate of drug-likeness (QED) is 0.245. The molecule has 1 saturated heterocycles. The number of hydrogen-bond donors (Lipinski definition) is 2. The highest BCUT2D eigenvalue weighted by atomic mass is 16.6. The molecule has 1 aliphatic rings. The fourth-order valence-corrected chi connectivity index (χ4v) is 3.52. The Kier molecular flexibility index (Phi) is 6.89. The number of non-ortho nitro benzene ring substituents is 1. The lowest BCUT2D eigenvalue weighted by Gasteiger charge is -2.22. The number of anilines is 1. The minimum atomic E-state index is -0.398. The molecule has 2 N–H and O–H groups in total. The normalized spacial score (nSPS) is 16.6. The van der Waals surface area contributed by atoms with Crippen molar-refractivity contribution in [2.45, 2.75) is 12.3 Å². The predicted octanol–water partition coefficient (Wildman–Crippen LogP) is 3.08. The van der Waals surface area contributed by atoms with Gasteiger partial charge >= 0.3 is 0 Å². The van der Waals surface area contributed by atoms with E-state index in [2.05, 4.69) is 32.7 Å². The standard InChI is InChI=1S/C21H27N5O3/c1-22-21(24-13-12-23-18-5-7-19(8-6-18)26(27)28)25-14-11-17(15-25)16-3-9-20(29-2)10-4-16/h3-10,17,23H,11-15H2,1-2H3,(H,22,24). The number of nitrogens with one attached hydrogen (secondary N) is 2. The number of methoxy groups -OCH3 is 1. The summed E-state index contributed by atoms with van der Waals surface area (Å²) in [7, 11) is 3.48. The molecule has 0 saturated carbocycles. The van der Waals surface area contributed by atoms with E-state index in [-0.39, 0.29) is 5.69 Å². The zero-order valence-electron chi connectivity index (χ0n) is 16.8. The minimum absolute atomic E-state index is 0.0922. The summed E-state index contributed by atoms with van der Waals surface area (Å²) < 4.78 is 5.24. The Hall–Kier alpha value is -3.29. The van der Waals surface area contributed by atoms with E-state index in [9.17, 15) is 10.1 Å². The molecule has 1 fully saturated rings. The summed E-state index contributed by atoms with van der Waals surface area (Å²) in [6.45, 7) is 3.29. The number of hydrogen-bond acceptors (Lipinski definition) is 5. The van der Waals surface area contributed by atoms with E-state index < -0.39 is 4.92 Å². The van der Waals surface area contributed by atoms with Crippen molar-refractivity contribution in [3.8, 4) is 5.75 Å². The third-order valence-electron chi connectivity index (χ3n) is 5.10. The fraction of sp³-hybridized carbons (Fsp3) is 0.381. The van der Waals surface area contributed by atoms with Crippen LogP contribution in [-0.2, 0) is 0 Å². The monoisotopic (exact) mass is 397 g/mol. The summed E-state index contributed by atoms with van der Waals surface area (Å²) in [5, 5.41) is 17.3. The number of guanidine groups is 1. The van der Waals surface area contributed by atoms with Crippen molar-refractivity contribution in [1.29, 1.82) is 0 Å². The Bertz CT molecular complexity index is 836. The zero-order chi connectivity index (χ0) is 20.6. The molecule has 0 bridgehead atoms. The molecule has 1 unspecified atom stereocenters. The van der Waals surface area contributed by atoms with Gasteiger partial charge in [-0.25, -0.2) is 0 Å². The molecule has 0 aliphatic carbocycles. The average Bonchev–Trinajstić information content (AvgIpc) is 3.24. The van der Waals surface area contributed by atoms with Crippen LogP contribution in [-0.4, -0.2) is 56.1 Å². The van der Waals surface area contributed by atoms with Crippen LogP contribution in [0.25, 0.3) is 0 Å². The van der Waals surface area contributed by atoms with Crippen LogP contribution in [0.2, 0.25) is 0 Å². The Morgan fingerprint density at radius 3 is 2.55 bits per heavy atom. The van der Waals surface area contributed by atoms with Crippen molar-refractivity contribution < 1.29 is 9.66 Å². The summed E-state index contributed by atoms with van der Waals surface area (Å²) in [6.07, 6.45) is 1.09. The van der Waals surface area contributed by atoms with Gasteiger partial charge in [-0.3, -0.25) is 15.1 Å². The molecule has 1 heterocycles. The highest BCUT2D eigenvalue weighted by Crippen LogP contribution is 2.28. The lowest BCUT2D eigenvalue weighted by molar-refractivity contribution is -0.384. The summed E-state index contributed by atoms with van der Waals surface area (Å²) in [4.78, 5) is 17.0. The van der Waals surface area contributed by atoms with E-state index >= 15 is 0 Å². The highest BCUT2D eigenvalue weighted by Gasteiger charge is 2.25. The minimum Gasteiger partial charge on any atom is -0.497 e. The number of ether oxygens (including phenoxy) is 1. The number of aliphatic imine (C=N–C) groups is 1. The van der Waals surface area contributed by atoms with E-state index in [0.29, 0.717) is 19.0 Å². The van der Waals surface area contributed by atoms with Crippen molar-refractivity contribution in [2.75, 3.05) is 45.7 Å². The molecule has 154 valence electrons. The number of nitro groups is 1. The second-order valence-electron chi connectivity index (χ2n) is 6.91. The van der Waals surface area contributed by atoms with Gasteiger partial charge in [-0.05, 0) is 36.2 Å². The molecule has 1 aliphatic heterocycles. The molecule has 2 aromatic rings. The highest BCUT2D eigenvalue weighted by molar-refractivity contribution is 5.80. The number of rotatable bonds is 7. The molecule has 0 aromatic heterocycles. The second kappa shape index (κ2) is 9.77. The molecule has 8 nitrogen and oxygen atoms in total. The zero-order valence-corrected chi connectivity index (χ0v) is 16.8. The van der Waals surface area contributed by atoms with Gasteiger partial charge in [-0.1, -0.05) is 12.1 Å². The second-order valence-corrected chi connectivity index (χ2v) is 6.91. The first kappa shape index (κ1) is 20.4.